The number of amides is 2. The number of carbonyl (C=O) groups excluding carboxylic acids is 2. The molecule has 0 bridgehead atoms. The molecule has 11 heteroatoms. The number of carbonyl (C=O) groups is 2. The molecule has 0 saturated carbocycles. The molecule has 0 atom stereocenters. The number of rotatable bonds is 9. The average Bonchev–Trinajstić information content (AvgIpc) is 3.20. The predicted molar refractivity (Wildman–Crippen MR) is 114 cm³/mol. The summed E-state index contributed by atoms with van der Waals surface area (Å²) in [5.41, 5.74) is 0.838. The summed E-state index contributed by atoms with van der Waals surface area (Å²) < 4.78 is 20.7. The SMILES string of the molecule is COCCNC(=O)CSc1ccccc1C(=O)Nc1cc(-n2nnnc2C)ccc1F. The second kappa shape index (κ2) is 10.6. The van der Waals surface area contributed by atoms with Crippen molar-refractivity contribution in [3.05, 3.63) is 59.7 Å². The lowest BCUT2D eigenvalue weighted by Gasteiger charge is -2.12. The van der Waals surface area contributed by atoms with Gasteiger partial charge < -0.3 is 15.4 Å². The molecule has 1 heterocycles. The Morgan fingerprint density at radius 2 is 2.03 bits per heavy atom. The topological polar surface area (TPSA) is 111 Å². The number of hydrogen-bond donors (Lipinski definition) is 2. The number of nitrogens with one attached hydrogen (secondary N) is 2. The van der Waals surface area contributed by atoms with Gasteiger partial charge in [0.25, 0.3) is 5.91 Å². The van der Waals surface area contributed by atoms with Crippen LogP contribution in [0.2, 0.25) is 0 Å². The first kappa shape index (κ1) is 22.4. The van der Waals surface area contributed by atoms with Gasteiger partial charge in [-0.1, -0.05) is 12.1 Å². The van der Waals surface area contributed by atoms with Crippen molar-refractivity contribution in [3.63, 3.8) is 0 Å². The Morgan fingerprint density at radius 3 is 2.77 bits per heavy atom. The van der Waals surface area contributed by atoms with E-state index in [4.69, 9.17) is 4.74 Å². The molecular formula is C20H21FN6O3S. The highest BCUT2D eigenvalue weighted by Gasteiger charge is 2.16. The number of thioether (sulfide) groups is 1. The first-order valence-corrected chi connectivity index (χ1v) is 10.3. The number of nitrogens with zero attached hydrogens (tertiary/aromatic N) is 4. The number of aromatic nitrogens is 4. The molecule has 2 aromatic carbocycles. The monoisotopic (exact) mass is 444 g/mol. The molecule has 0 radical (unpaired) electrons. The molecule has 0 aliphatic heterocycles. The Hall–Kier alpha value is -3.31. The van der Waals surface area contributed by atoms with Crippen molar-refractivity contribution in [2.45, 2.75) is 11.8 Å². The smallest absolute Gasteiger partial charge is 0.256 e. The van der Waals surface area contributed by atoms with Crippen LogP contribution in [-0.4, -0.2) is 58.0 Å². The molecule has 9 nitrogen and oxygen atoms in total. The molecule has 0 saturated heterocycles. The van der Waals surface area contributed by atoms with Crippen LogP contribution in [0.1, 0.15) is 16.2 Å². The van der Waals surface area contributed by atoms with E-state index in [0.717, 1.165) is 0 Å². The van der Waals surface area contributed by atoms with E-state index in [0.29, 0.717) is 35.1 Å². The van der Waals surface area contributed by atoms with Gasteiger partial charge in [-0.15, -0.1) is 16.9 Å². The summed E-state index contributed by atoms with van der Waals surface area (Å²) >= 11 is 1.22. The standard InChI is InChI=1S/C20H21FN6O3S/c1-13-24-25-26-27(13)14-7-8-16(21)17(11-14)23-20(29)15-5-3-4-6-18(15)31-12-19(28)22-9-10-30-2/h3-8,11H,9-10,12H2,1-2H3,(H,22,28)(H,23,29). The second-order valence-corrected chi connectivity index (χ2v) is 7.40. The molecule has 3 aromatic rings. The summed E-state index contributed by atoms with van der Waals surface area (Å²) in [4.78, 5) is 25.4. The van der Waals surface area contributed by atoms with Gasteiger partial charge in [0.15, 0.2) is 5.82 Å². The quantitative estimate of drug-likeness (QED) is 0.385. The summed E-state index contributed by atoms with van der Waals surface area (Å²) in [5.74, 6) is -0.601. The molecule has 0 fully saturated rings. The number of hydrogen-bond acceptors (Lipinski definition) is 7. The normalized spacial score (nSPS) is 10.7. The Balaban J connectivity index is 1.73. The third kappa shape index (κ3) is 5.86. The highest BCUT2D eigenvalue weighted by Crippen LogP contribution is 2.25. The van der Waals surface area contributed by atoms with E-state index < -0.39 is 11.7 Å². The minimum atomic E-state index is -0.592. The fourth-order valence-corrected chi connectivity index (χ4v) is 3.55. The largest absolute Gasteiger partial charge is 0.383 e. The molecule has 1 aromatic heterocycles. The van der Waals surface area contributed by atoms with Crippen LogP contribution in [0.3, 0.4) is 0 Å². The zero-order valence-electron chi connectivity index (χ0n) is 17.0. The van der Waals surface area contributed by atoms with Crippen LogP contribution in [0.25, 0.3) is 5.69 Å². The van der Waals surface area contributed by atoms with Gasteiger partial charge in [0.2, 0.25) is 5.91 Å². The zero-order chi connectivity index (χ0) is 22.2. The maximum atomic E-state index is 14.3. The highest BCUT2D eigenvalue weighted by molar-refractivity contribution is 8.00. The minimum Gasteiger partial charge on any atom is -0.383 e. The van der Waals surface area contributed by atoms with Crippen LogP contribution in [0.4, 0.5) is 10.1 Å². The van der Waals surface area contributed by atoms with E-state index in [-0.39, 0.29) is 17.3 Å². The lowest BCUT2D eigenvalue weighted by atomic mass is 10.2. The highest BCUT2D eigenvalue weighted by atomic mass is 32.2. The summed E-state index contributed by atoms with van der Waals surface area (Å²) in [6, 6.07) is 11.0. The Morgan fingerprint density at radius 1 is 1.23 bits per heavy atom. The predicted octanol–water partition coefficient (Wildman–Crippen LogP) is 2.22. The van der Waals surface area contributed by atoms with Crippen LogP contribution in [-0.2, 0) is 9.53 Å². The number of halogens is 1. The summed E-state index contributed by atoms with van der Waals surface area (Å²) in [6.07, 6.45) is 0. The van der Waals surface area contributed by atoms with Crippen molar-refractivity contribution in [3.8, 4) is 5.69 Å². The number of benzene rings is 2. The van der Waals surface area contributed by atoms with Crippen molar-refractivity contribution in [2.75, 3.05) is 31.3 Å². The van der Waals surface area contributed by atoms with E-state index in [1.54, 1.807) is 38.3 Å². The van der Waals surface area contributed by atoms with E-state index in [9.17, 15) is 14.0 Å². The number of methoxy groups -OCH3 is 1. The number of aryl methyl sites for hydroxylation is 1. The van der Waals surface area contributed by atoms with Gasteiger partial charge in [-0.25, -0.2) is 4.39 Å². The lowest BCUT2D eigenvalue weighted by Crippen LogP contribution is -2.28. The Kier molecular flexibility index (Phi) is 7.68. The van der Waals surface area contributed by atoms with Crippen molar-refractivity contribution in [1.29, 1.82) is 0 Å². The van der Waals surface area contributed by atoms with Gasteiger partial charge in [0.1, 0.15) is 5.82 Å². The van der Waals surface area contributed by atoms with E-state index in [1.807, 2.05) is 0 Å². The fourth-order valence-electron chi connectivity index (χ4n) is 2.67. The van der Waals surface area contributed by atoms with E-state index in [2.05, 4.69) is 26.2 Å². The van der Waals surface area contributed by atoms with Crippen molar-refractivity contribution < 1.29 is 18.7 Å². The fraction of sp³-hybridized carbons (Fsp3) is 0.250. The van der Waals surface area contributed by atoms with Gasteiger partial charge >= 0.3 is 0 Å². The molecular weight excluding hydrogens is 423 g/mol. The zero-order valence-corrected chi connectivity index (χ0v) is 17.8. The van der Waals surface area contributed by atoms with Gasteiger partial charge in [0.05, 0.1) is 29.3 Å². The molecule has 0 unspecified atom stereocenters. The molecule has 2 amide bonds. The van der Waals surface area contributed by atoms with Crippen LogP contribution < -0.4 is 10.6 Å². The van der Waals surface area contributed by atoms with Crippen LogP contribution in [0, 0.1) is 12.7 Å². The molecule has 3 rings (SSSR count). The molecule has 0 spiro atoms. The molecule has 0 aliphatic carbocycles. The third-order valence-corrected chi connectivity index (χ3v) is 5.26. The van der Waals surface area contributed by atoms with Gasteiger partial charge in [-0.2, -0.15) is 4.68 Å². The van der Waals surface area contributed by atoms with Crippen molar-refractivity contribution in [1.82, 2.24) is 25.5 Å². The van der Waals surface area contributed by atoms with Crippen molar-refractivity contribution in [2.24, 2.45) is 0 Å². The number of ether oxygens (including phenoxy) is 1. The van der Waals surface area contributed by atoms with Crippen LogP contribution in [0.15, 0.2) is 47.4 Å². The maximum Gasteiger partial charge on any atom is 0.256 e. The first-order valence-electron chi connectivity index (χ1n) is 9.33. The molecule has 31 heavy (non-hydrogen) atoms. The summed E-state index contributed by atoms with van der Waals surface area (Å²) in [7, 11) is 1.55. The van der Waals surface area contributed by atoms with Gasteiger partial charge in [-0.3, -0.25) is 9.59 Å². The van der Waals surface area contributed by atoms with Crippen molar-refractivity contribution >= 4 is 29.3 Å². The summed E-state index contributed by atoms with van der Waals surface area (Å²) in [5, 5.41) is 16.5. The Bertz CT molecular complexity index is 1070. The Labute approximate surface area is 182 Å². The first-order chi connectivity index (χ1) is 15.0. The average molecular weight is 444 g/mol. The molecule has 162 valence electrons. The molecule has 2 N–H and O–H groups in total. The van der Waals surface area contributed by atoms with Crippen LogP contribution in [0.5, 0.6) is 0 Å². The molecule has 0 aliphatic rings. The lowest BCUT2D eigenvalue weighted by molar-refractivity contribution is -0.118. The maximum absolute atomic E-state index is 14.3. The minimum absolute atomic E-state index is 0.00508. The third-order valence-electron chi connectivity index (χ3n) is 4.19. The van der Waals surface area contributed by atoms with E-state index in [1.165, 1.54) is 34.6 Å². The van der Waals surface area contributed by atoms with Crippen LogP contribution >= 0.6 is 11.8 Å². The van der Waals surface area contributed by atoms with Gasteiger partial charge in [0, 0.05) is 18.6 Å². The van der Waals surface area contributed by atoms with Gasteiger partial charge in [-0.05, 0) is 47.7 Å². The number of tetrazole rings is 1. The van der Waals surface area contributed by atoms with E-state index >= 15 is 0 Å². The number of anilines is 1. The second-order valence-electron chi connectivity index (χ2n) is 6.38. The summed E-state index contributed by atoms with van der Waals surface area (Å²) in [6.45, 7) is 2.54.